The molecule has 0 saturated heterocycles. The number of halogens is 1. The van der Waals surface area contributed by atoms with E-state index in [9.17, 15) is 4.79 Å². The lowest BCUT2D eigenvalue weighted by atomic mass is 10.1. The number of aromatic nitrogens is 2. The summed E-state index contributed by atoms with van der Waals surface area (Å²) >= 11 is 3.48. The smallest absolute Gasteiger partial charge is 0.257 e. The van der Waals surface area contributed by atoms with Crippen molar-refractivity contribution >= 4 is 21.8 Å². The Bertz CT molecular complexity index is 700. The predicted molar refractivity (Wildman–Crippen MR) is 90.9 cm³/mol. The molecule has 2 aromatic rings. The van der Waals surface area contributed by atoms with Crippen molar-refractivity contribution in [1.29, 1.82) is 0 Å². The third kappa shape index (κ3) is 3.67. The Morgan fingerprint density at radius 2 is 2.09 bits per heavy atom. The van der Waals surface area contributed by atoms with Crippen LogP contribution in [0.5, 0.6) is 11.5 Å². The van der Waals surface area contributed by atoms with Crippen LogP contribution in [0.1, 0.15) is 23.0 Å². The summed E-state index contributed by atoms with van der Waals surface area (Å²) in [5.41, 5.74) is 1.45. The van der Waals surface area contributed by atoms with Gasteiger partial charge in [-0.1, -0.05) is 0 Å². The third-order valence-electron chi connectivity index (χ3n) is 3.57. The molecule has 0 unspecified atom stereocenters. The minimum atomic E-state index is -0.125. The van der Waals surface area contributed by atoms with Gasteiger partial charge in [0, 0.05) is 19.7 Å². The molecule has 0 atom stereocenters. The van der Waals surface area contributed by atoms with Gasteiger partial charge in [0.05, 0.1) is 42.7 Å². The van der Waals surface area contributed by atoms with Crippen LogP contribution in [0.15, 0.2) is 28.9 Å². The summed E-state index contributed by atoms with van der Waals surface area (Å²) in [7, 11) is 4.87. The topological polar surface area (TPSA) is 56.6 Å². The zero-order chi connectivity index (χ0) is 17.0. The Hall–Kier alpha value is -2.02. The van der Waals surface area contributed by atoms with E-state index in [0.717, 1.165) is 16.7 Å². The van der Waals surface area contributed by atoms with Gasteiger partial charge in [-0.15, -0.1) is 0 Å². The molecule has 7 heteroatoms. The number of amides is 1. The number of aryl methyl sites for hydroxylation is 1. The van der Waals surface area contributed by atoms with E-state index >= 15 is 0 Å². The molecule has 0 saturated carbocycles. The van der Waals surface area contributed by atoms with Crippen molar-refractivity contribution in [2.75, 3.05) is 21.3 Å². The minimum absolute atomic E-state index is 0.125. The van der Waals surface area contributed by atoms with Gasteiger partial charge < -0.3 is 14.4 Å². The summed E-state index contributed by atoms with van der Waals surface area (Å²) in [5, 5.41) is 4.27. The minimum Gasteiger partial charge on any atom is -0.497 e. The number of methoxy groups -OCH3 is 2. The number of hydrogen-bond acceptors (Lipinski definition) is 4. The van der Waals surface area contributed by atoms with Gasteiger partial charge in [0.2, 0.25) is 0 Å². The van der Waals surface area contributed by atoms with Gasteiger partial charge >= 0.3 is 0 Å². The maximum atomic E-state index is 12.7. The highest BCUT2D eigenvalue weighted by molar-refractivity contribution is 9.10. The summed E-state index contributed by atoms with van der Waals surface area (Å²) in [5.74, 6) is 1.01. The first-order valence-electron chi connectivity index (χ1n) is 7.19. The van der Waals surface area contributed by atoms with Gasteiger partial charge in [-0.3, -0.25) is 9.48 Å². The van der Waals surface area contributed by atoms with E-state index in [-0.39, 0.29) is 5.91 Å². The number of ether oxygens (including phenoxy) is 2. The van der Waals surface area contributed by atoms with Crippen LogP contribution >= 0.6 is 15.9 Å². The second kappa shape index (κ2) is 7.50. The fourth-order valence-corrected chi connectivity index (χ4v) is 2.72. The van der Waals surface area contributed by atoms with Gasteiger partial charge in [0.1, 0.15) is 11.5 Å². The molecule has 0 aliphatic rings. The lowest BCUT2D eigenvalue weighted by Crippen LogP contribution is -2.28. The summed E-state index contributed by atoms with van der Waals surface area (Å²) in [6, 6.07) is 5.16. The van der Waals surface area contributed by atoms with Crippen molar-refractivity contribution in [2.24, 2.45) is 0 Å². The maximum absolute atomic E-state index is 12.7. The van der Waals surface area contributed by atoms with Crippen LogP contribution in [-0.4, -0.2) is 41.9 Å². The normalized spacial score (nSPS) is 10.5. The molecule has 0 bridgehead atoms. The van der Waals surface area contributed by atoms with Crippen LogP contribution in [-0.2, 0) is 13.1 Å². The number of benzene rings is 1. The average Bonchev–Trinajstić information content (AvgIpc) is 2.93. The van der Waals surface area contributed by atoms with E-state index in [4.69, 9.17) is 9.47 Å². The molecule has 0 radical (unpaired) electrons. The fraction of sp³-hybridized carbons (Fsp3) is 0.375. The Labute approximate surface area is 144 Å². The number of carbonyl (C=O) groups excluding carboxylic acids is 1. The first-order chi connectivity index (χ1) is 11.0. The molecule has 0 aliphatic carbocycles. The standard InChI is InChI=1S/C16H20BrN3O3/c1-5-20-14(13(17)9-18-20)10-19(2)16(21)12-7-6-11(22-3)8-15(12)23-4/h6-9H,5,10H2,1-4H3. The molecule has 0 N–H and O–H groups in total. The second-order valence-corrected chi connectivity index (χ2v) is 5.84. The molecule has 1 aromatic carbocycles. The van der Waals surface area contributed by atoms with Gasteiger partial charge in [-0.2, -0.15) is 5.10 Å². The lowest BCUT2D eigenvalue weighted by molar-refractivity contribution is 0.0778. The highest BCUT2D eigenvalue weighted by Gasteiger charge is 2.20. The van der Waals surface area contributed by atoms with E-state index < -0.39 is 0 Å². The first kappa shape index (κ1) is 17.3. The zero-order valence-electron chi connectivity index (χ0n) is 13.7. The molecular weight excluding hydrogens is 362 g/mol. The van der Waals surface area contributed by atoms with Crippen molar-refractivity contribution in [3.05, 3.63) is 40.1 Å². The molecule has 0 aliphatic heterocycles. The monoisotopic (exact) mass is 381 g/mol. The lowest BCUT2D eigenvalue weighted by Gasteiger charge is -2.20. The molecule has 23 heavy (non-hydrogen) atoms. The van der Waals surface area contributed by atoms with Crippen LogP contribution in [0.25, 0.3) is 0 Å². The van der Waals surface area contributed by atoms with E-state index in [0.29, 0.717) is 23.6 Å². The zero-order valence-corrected chi connectivity index (χ0v) is 15.3. The third-order valence-corrected chi connectivity index (χ3v) is 4.23. The Morgan fingerprint density at radius 1 is 1.35 bits per heavy atom. The summed E-state index contributed by atoms with van der Waals surface area (Å²) in [6.45, 7) is 3.20. The molecule has 124 valence electrons. The van der Waals surface area contributed by atoms with Crippen molar-refractivity contribution in [1.82, 2.24) is 14.7 Å². The molecule has 2 rings (SSSR count). The van der Waals surface area contributed by atoms with Gasteiger partial charge in [0.25, 0.3) is 5.91 Å². The van der Waals surface area contributed by atoms with E-state index in [2.05, 4.69) is 21.0 Å². The first-order valence-corrected chi connectivity index (χ1v) is 7.98. The Kier molecular flexibility index (Phi) is 5.65. The predicted octanol–water partition coefficient (Wildman–Crippen LogP) is 2.95. The van der Waals surface area contributed by atoms with E-state index in [1.807, 2.05) is 11.6 Å². The summed E-state index contributed by atoms with van der Waals surface area (Å²) < 4.78 is 13.2. The van der Waals surface area contributed by atoms with Crippen LogP contribution in [0.3, 0.4) is 0 Å². The van der Waals surface area contributed by atoms with Crippen molar-refractivity contribution in [3.8, 4) is 11.5 Å². The number of rotatable bonds is 6. The van der Waals surface area contributed by atoms with Crippen molar-refractivity contribution in [2.45, 2.75) is 20.0 Å². The molecule has 1 aromatic heterocycles. The van der Waals surface area contributed by atoms with Crippen molar-refractivity contribution < 1.29 is 14.3 Å². The van der Waals surface area contributed by atoms with Crippen LogP contribution < -0.4 is 9.47 Å². The highest BCUT2D eigenvalue weighted by atomic mass is 79.9. The summed E-state index contributed by atoms with van der Waals surface area (Å²) in [4.78, 5) is 14.4. The quantitative estimate of drug-likeness (QED) is 0.771. The second-order valence-electron chi connectivity index (χ2n) is 4.98. The molecule has 0 fully saturated rings. The van der Waals surface area contributed by atoms with Crippen molar-refractivity contribution in [3.63, 3.8) is 0 Å². The van der Waals surface area contributed by atoms with E-state index in [1.54, 1.807) is 43.5 Å². The van der Waals surface area contributed by atoms with Gasteiger partial charge in [-0.25, -0.2) is 0 Å². The number of hydrogen-bond donors (Lipinski definition) is 0. The molecule has 0 spiro atoms. The van der Waals surface area contributed by atoms with Crippen LogP contribution in [0.2, 0.25) is 0 Å². The number of nitrogens with zero attached hydrogens (tertiary/aromatic N) is 3. The van der Waals surface area contributed by atoms with Gasteiger partial charge in [0.15, 0.2) is 0 Å². The number of carbonyl (C=O) groups is 1. The average molecular weight is 382 g/mol. The van der Waals surface area contributed by atoms with Crippen LogP contribution in [0, 0.1) is 0 Å². The van der Waals surface area contributed by atoms with Crippen LogP contribution in [0.4, 0.5) is 0 Å². The Balaban J connectivity index is 2.24. The largest absolute Gasteiger partial charge is 0.497 e. The molecule has 1 heterocycles. The SMILES string of the molecule is CCn1ncc(Br)c1CN(C)C(=O)c1ccc(OC)cc1OC. The molecule has 6 nitrogen and oxygen atoms in total. The summed E-state index contributed by atoms with van der Waals surface area (Å²) in [6.07, 6.45) is 1.74. The maximum Gasteiger partial charge on any atom is 0.257 e. The highest BCUT2D eigenvalue weighted by Crippen LogP contribution is 2.26. The van der Waals surface area contributed by atoms with Gasteiger partial charge in [-0.05, 0) is 35.0 Å². The van der Waals surface area contributed by atoms with E-state index in [1.165, 1.54) is 7.11 Å². The fourth-order valence-electron chi connectivity index (χ4n) is 2.29. The molecular formula is C16H20BrN3O3. The molecule has 1 amide bonds. The Morgan fingerprint density at radius 3 is 2.70 bits per heavy atom.